The van der Waals surface area contributed by atoms with Gasteiger partial charge in [-0.15, -0.1) is 0 Å². The van der Waals surface area contributed by atoms with Crippen molar-refractivity contribution < 1.29 is 22.7 Å². The van der Waals surface area contributed by atoms with E-state index in [1.807, 2.05) is 19.1 Å². The SMILES string of the molecule is CCC(NS(=O)(=O)c1ccc(OC)c(NC(C)=O)c1)c1ccc(OC)cc1. The Kier molecular flexibility index (Phi) is 6.81. The zero-order valence-corrected chi connectivity index (χ0v) is 16.6. The molecule has 8 heteroatoms. The third-order valence-electron chi connectivity index (χ3n) is 4.02. The summed E-state index contributed by atoms with van der Waals surface area (Å²) in [7, 11) is -0.784. The average molecular weight is 392 g/mol. The largest absolute Gasteiger partial charge is 0.497 e. The Morgan fingerprint density at radius 3 is 2.26 bits per heavy atom. The molecule has 2 N–H and O–H groups in total. The summed E-state index contributed by atoms with van der Waals surface area (Å²) in [4.78, 5) is 11.4. The summed E-state index contributed by atoms with van der Waals surface area (Å²) in [6.45, 7) is 3.24. The summed E-state index contributed by atoms with van der Waals surface area (Å²) in [6.07, 6.45) is 0.570. The Labute approximate surface area is 159 Å². The van der Waals surface area contributed by atoms with E-state index in [4.69, 9.17) is 9.47 Å². The Hall–Kier alpha value is -2.58. The lowest BCUT2D eigenvalue weighted by atomic mass is 10.1. The average Bonchev–Trinajstić information content (AvgIpc) is 2.65. The van der Waals surface area contributed by atoms with Gasteiger partial charge in [0.2, 0.25) is 15.9 Å². The molecule has 0 saturated carbocycles. The van der Waals surface area contributed by atoms with Gasteiger partial charge in [0.1, 0.15) is 11.5 Å². The van der Waals surface area contributed by atoms with Gasteiger partial charge in [-0.3, -0.25) is 4.79 Å². The predicted molar refractivity (Wildman–Crippen MR) is 104 cm³/mol. The summed E-state index contributed by atoms with van der Waals surface area (Å²) in [5.41, 5.74) is 1.13. The quantitative estimate of drug-likeness (QED) is 0.720. The van der Waals surface area contributed by atoms with Crippen LogP contribution >= 0.6 is 0 Å². The van der Waals surface area contributed by atoms with Crippen LogP contribution < -0.4 is 19.5 Å². The number of nitrogens with one attached hydrogen (secondary N) is 2. The Morgan fingerprint density at radius 2 is 1.74 bits per heavy atom. The molecule has 1 unspecified atom stereocenters. The van der Waals surface area contributed by atoms with E-state index >= 15 is 0 Å². The molecule has 0 bridgehead atoms. The molecule has 0 heterocycles. The highest BCUT2D eigenvalue weighted by atomic mass is 32.2. The summed E-state index contributed by atoms with van der Waals surface area (Å²) < 4.78 is 38.7. The molecule has 1 atom stereocenters. The van der Waals surface area contributed by atoms with Crippen molar-refractivity contribution in [1.29, 1.82) is 0 Å². The molecule has 2 aromatic rings. The molecule has 7 nitrogen and oxygen atoms in total. The van der Waals surface area contributed by atoms with Gasteiger partial charge in [0, 0.05) is 13.0 Å². The maximum atomic E-state index is 12.8. The predicted octanol–water partition coefficient (Wildman–Crippen LogP) is 3.09. The van der Waals surface area contributed by atoms with Crippen LogP contribution in [0.1, 0.15) is 31.9 Å². The number of carbonyl (C=O) groups is 1. The van der Waals surface area contributed by atoms with E-state index in [-0.39, 0.29) is 10.8 Å². The number of amides is 1. The molecular formula is C19H24N2O5S. The Balaban J connectivity index is 2.31. The molecular weight excluding hydrogens is 368 g/mol. The van der Waals surface area contributed by atoms with Crippen LogP contribution in [0.3, 0.4) is 0 Å². The van der Waals surface area contributed by atoms with E-state index < -0.39 is 16.1 Å². The third-order valence-corrected chi connectivity index (χ3v) is 5.49. The fourth-order valence-electron chi connectivity index (χ4n) is 2.62. The number of rotatable bonds is 8. The zero-order chi connectivity index (χ0) is 20.0. The number of hydrogen-bond acceptors (Lipinski definition) is 5. The number of benzene rings is 2. The van der Waals surface area contributed by atoms with Crippen molar-refractivity contribution in [2.75, 3.05) is 19.5 Å². The summed E-state index contributed by atoms with van der Waals surface area (Å²) in [5, 5.41) is 2.58. The highest BCUT2D eigenvalue weighted by Crippen LogP contribution is 2.29. The molecule has 0 fully saturated rings. The van der Waals surface area contributed by atoms with Gasteiger partial charge in [-0.05, 0) is 42.3 Å². The summed E-state index contributed by atoms with van der Waals surface area (Å²) in [5.74, 6) is 0.762. The molecule has 2 aromatic carbocycles. The van der Waals surface area contributed by atoms with Crippen LogP contribution in [0.25, 0.3) is 0 Å². The van der Waals surface area contributed by atoms with E-state index in [0.29, 0.717) is 23.6 Å². The van der Waals surface area contributed by atoms with Gasteiger partial charge >= 0.3 is 0 Å². The van der Waals surface area contributed by atoms with Crippen molar-refractivity contribution in [3.8, 4) is 11.5 Å². The van der Waals surface area contributed by atoms with Gasteiger partial charge in [0.05, 0.1) is 24.8 Å². The van der Waals surface area contributed by atoms with Gasteiger partial charge in [-0.1, -0.05) is 19.1 Å². The van der Waals surface area contributed by atoms with Gasteiger partial charge in [0.15, 0.2) is 0 Å². The van der Waals surface area contributed by atoms with Crippen molar-refractivity contribution in [1.82, 2.24) is 4.72 Å². The number of methoxy groups -OCH3 is 2. The standard InChI is InChI=1S/C19H24N2O5S/c1-5-17(14-6-8-15(25-3)9-7-14)21-27(23,24)16-10-11-19(26-4)18(12-16)20-13(2)22/h6-12,17,21H,5H2,1-4H3,(H,20,22). The molecule has 1 amide bonds. The van der Waals surface area contributed by atoms with E-state index in [1.165, 1.54) is 32.2 Å². The third kappa shape index (κ3) is 5.21. The fourth-order valence-corrected chi connectivity index (χ4v) is 3.95. The normalized spacial score (nSPS) is 12.3. The fraction of sp³-hybridized carbons (Fsp3) is 0.316. The van der Waals surface area contributed by atoms with Crippen LogP contribution in [-0.2, 0) is 14.8 Å². The highest BCUT2D eigenvalue weighted by Gasteiger charge is 2.22. The second-order valence-electron chi connectivity index (χ2n) is 5.90. The number of hydrogen-bond donors (Lipinski definition) is 2. The molecule has 0 radical (unpaired) electrons. The summed E-state index contributed by atoms with van der Waals surface area (Å²) in [6, 6.07) is 11.2. The first kappa shape index (κ1) is 20.7. The topological polar surface area (TPSA) is 93.7 Å². The van der Waals surface area contributed by atoms with Gasteiger partial charge in [0.25, 0.3) is 0 Å². The minimum atomic E-state index is -3.81. The number of ether oxygens (including phenoxy) is 2. The molecule has 0 saturated heterocycles. The van der Waals surface area contributed by atoms with Gasteiger partial charge in [-0.25, -0.2) is 13.1 Å². The van der Waals surface area contributed by atoms with Crippen molar-refractivity contribution in [3.63, 3.8) is 0 Å². The van der Waals surface area contributed by atoms with Crippen LogP contribution in [0.15, 0.2) is 47.4 Å². The van der Waals surface area contributed by atoms with Gasteiger partial charge < -0.3 is 14.8 Å². The first-order valence-electron chi connectivity index (χ1n) is 8.42. The second-order valence-corrected chi connectivity index (χ2v) is 7.61. The lowest BCUT2D eigenvalue weighted by molar-refractivity contribution is -0.114. The monoisotopic (exact) mass is 392 g/mol. The lowest BCUT2D eigenvalue weighted by Crippen LogP contribution is -2.28. The highest BCUT2D eigenvalue weighted by molar-refractivity contribution is 7.89. The first-order chi connectivity index (χ1) is 12.8. The Morgan fingerprint density at radius 1 is 1.07 bits per heavy atom. The second kappa shape index (κ2) is 8.88. The minimum absolute atomic E-state index is 0.0408. The molecule has 0 aliphatic heterocycles. The van der Waals surface area contributed by atoms with Crippen LogP contribution in [0.5, 0.6) is 11.5 Å². The molecule has 146 valence electrons. The van der Waals surface area contributed by atoms with Crippen LogP contribution in [-0.4, -0.2) is 28.5 Å². The number of anilines is 1. The van der Waals surface area contributed by atoms with Crippen molar-refractivity contribution >= 4 is 21.6 Å². The van der Waals surface area contributed by atoms with E-state index in [0.717, 1.165) is 5.56 Å². The number of carbonyl (C=O) groups excluding carboxylic acids is 1. The van der Waals surface area contributed by atoms with E-state index in [1.54, 1.807) is 19.2 Å². The zero-order valence-electron chi connectivity index (χ0n) is 15.8. The molecule has 2 rings (SSSR count). The van der Waals surface area contributed by atoms with Crippen LogP contribution in [0.4, 0.5) is 5.69 Å². The van der Waals surface area contributed by atoms with E-state index in [2.05, 4.69) is 10.0 Å². The molecule has 0 aliphatic carbocycles. The van der Waals surface area contributed by atoms with Crippen LogP contribution in [0.2, 0.25) is 0 Å². The first-order valence-corrected chi connectivity index (χ1v) is 9.91. The van der Waals surface area contributed by atoms with Crippen molar-refractivity contribution in [2.24, 2.45) is 0 Å². The van der Waals surface area contributed by atoms with Crippen molar-refractivity contribution in [2.45, 2.75) is 31.2 Å². The maximum absolute atomic E-state index is 12.8. The molecule has 0 aliphatic rings. The van der Waals surface area contributed by atoms with Crippen LogP contribution in [0, 0.1) is 0 Å². The summed E-state index contributed by atoms with van der Waals surface area (Å²) >= 11 is 0. The number of sulfonamides is 1. The minimum Gasteiger partial charge on any atom is -0.497 e. The van der Waals surface area contributed by atoms with Crippen molar-refractivity contribution in [3.05, 3.63) is 48.0 Å². The molecule has 27 heavy (non-hydrogen) atoms. The van der Waals surface area contributed by atoms with Gasteiger partial charge in [-0.2, -0.15) is 0 Å². The lowest BCUT2D eigenvalue weighted by Gasteiger charge is -2.19. The molecule has 0 aromatic heterocycles. The Bertz CT molecular complexity index is 895. The molecule has 0 spiro atoms. The smallest absolute Gasteiger partial charge is 0.241 e. The van der Waals surface area contributed by atoms with E-state index in [9.17, 15) is 13.2 Å². The maximum Gasteiger partial charge on any atom is 0.241 e.